The van der Waals surface area contributed by atoms with E-state index in [1.807, 2.05) is 18.2 Å². The van der Waals surface area contributed by atoms with Crippen molar-refractivity contribution in [2.24, 2.45) is 33.5 Å². The lowest BCUT2D eigenvalue weighted by atomic mass is 9.36. The Labute approximate surface area is 238 Å². The number of amides is 4. The molecule has 6 fully saturated rings. The third-order valence-electron chi connectivity index (χ3n) is 13.1. The van der Waals surface area contributed by atoms with Crippen molar-refractivity contribution in [1.82, 2.24) is 10.6 Å². The van der Waals surface area contributed by atoms with E-state index < -0.39 is 21.7 Å². The maximum absolute atomic E-state index is 13.8. The average Bonchev–Trinajstić information content (AvgIpc) is 3.25. The van der Waals surface area contributed by atoms with Crippen LogP contribution in [0.2, 0.25) is 0 Å². The molecule has 210 valence electrons. The van der Waals surface area contributed by atoms with Crippen LogP contribution in [0, 0.1) is 33.5 Å². The van der Waals surface area contributed by atoms with Crippen LogP contribution in [0.25, 0.3) is 11.1 Å². The van der Waals surface area contributed by atoms with Crippen LogP contribution >= 0.6 is 0 Å². The van der Waals surface area contributed by atoms with E-state index >= 15 is 0 Å². The highest BCUT2D eigenvalue weighted by molar-refractivity contribution is 6.12. The summed E-state index contributed by atoms with van der Waals surface area (Å²) in [7, 11) is 0. The number of imide groups is 2. The number of nitrogens with one attached hydrogen (secondary N) is 2. The van der Waals surface area contributed by atoms with Gasteiger partial charge in [0.05, 0.1) is 27.8 Å². The van der Waals surface area contributed by atoms with Gasteiger partial charge in [-0.25, -0.2) is 0 Å². The molecule has 0 aromatic heterocycles. The molecule has 9 rings (SSSR count). The number of para-hydroxylation sites is 1. The van der Waals surface area contributed by atoms with Gasteiger partial charge in [-0.3, -0.25) is 29.8 Å². The molecule has 4 amide bonds. The van der Waals surface area contributed by atoms with Crippen molar-refractivity contribution in [3.05, 3.63) is 54.1 Å². The van der Waals surface area contributed by atoms with Crippen LogP contribution in [0.4, 0.5) is 0 Å². The smallest absolute Gasteiger partial charge is 0.234 e. The molecule has 0 radical (unpaired) electrons. The van der Waals surface area contributed by atoms with E-state index in [1.165, 1.54) is 5.56 Å². The zero-order valence-electron chi connectivity index (χ0n) is 23.0. The number of rotatable bonds is 0. The molecule has 2 spiro atoms. The molecule has 8 atom stereocenters. The summed E-state index contributed by atoms with van der Waals surface area (Å²) in [6, 6.07) is 16.6. The van der Waals surface area contributed by atoms with Gasteiger partial charge in [-0.15, -0.1) is 0 Å². The van der Waals surface area contributed by atoms with Crippen LogP contribution < -0.4 is 15.4 Å². The highest BCUT2D eigenvalue weighted by Gasteiger charge is 2.80. The molecule has 7 nitrogen and oxygen atoms in total. The monoisotopic (exact) mass is 550 g/mol. The molecule has 4 bridgehead atoms. The number of fused-ring (bicyclic) bond motifs is 6. The van der Waals surface area contributed by atoms with E-state index in [2.05, 4.69) is 41.0 Å². The second kappa shape index (κ2) is 7.67. The number of hydrogen-bond donors (Lipinski definition) is 2. The van der Waals surface area contributed by atoms with Crippen molar-refractivity contribution in [1.29, 1.82) is 0 Å². The van der Waals surface area contributed by atoms with Crippen molar-refractivity contribution < 1.29 is 23.9 Å². The lowest BCUT2D eigenvalue weighted by Crippen LogP contribution is -2.65. The van der Waals surface area contributed by atoms with E-state index in [0.717, 1.165) is 55.4 Å². The number of carbonyl (C=O) groups excluding carboxylic acids is 4. The molecule has 3 aliphatic heterocycles. The molecule has 4 aliphatic carbocycles. The first-order valence-corrected chi connectivity index (χ1v) is 15.4. The third kappa shape index (κ3) is 2.59. The molecule has 2 aromatic carbocycles. The SMILES string of the molecule is O=C1NC(=O)C23CC4CCC12CC3CCC1CC23CCC(CC12C(=O)NC3=O)c1ccccc1-c1ccccc1O4. The molecular weight excluding hydrogens is 516 g/mol. The van der Waals surface area contributed by atoms with Crippen molar-refractivity contribution in [2.45, 2.75) is 76.2 Å². The normalized spacial score (nSPS) is 43.3. The van der Waals surface area contributed by atoms with Crippen molar-refractivity contribution in [2.75, 3.05) is 0 Å². The fraction of sp³-hybridized carbons (Fsp3) is 0.529. The van der Waals surface area contributed by atoms with Gasteiger partial charge >= 0.3 is 0 Å². The molecule has 7 aliphatic rings. The standard InChI is InChI=1S/C34H34N2O5/c37-27-31-13-11-19-15-33(31,29(39)35-27)20(16-31)9-10-21-17-32-14-12-22(18-34(21,32)30(40)36-28(32)38)41-26-8-4-3-7-25(26)24-6-2-1-5-23(19)24/h1-8,19-22H,9-18H2,(H,35,37,39)(H,36,38,40). The highest BCUT2D eigenvalue weighted by Crippen LogP contribution is 2.75. The van der Waals surface area contributed by atoms with Crippen LogP contribution in [0.5, 0.6) is 5.75 Å². The van der Waals surface area contributed by atoms with Gasteiger partial charge < -0.3 is 4.74 Å². The Morgan fingerprint density at radius 2 is 1.20 bits per heavy atom. The van der Waals surface area contributed by atoms with Gasteiger partial charge in [0, 0.05) is 5.56 Å². The summed E-state index contributed by atoms with van der Waals surface area (Å²) in [5.74, 6) is 0.699. The summed E-state index contributed by atoms with van der Waals surface area (Å²) >= 11 is 0. The largest absolute Gasteiger partial charge is 0.490 e. The van der Waals surface area contributed by atoms with Gasteiger partial charge in [0.25, 0.3) is 0 Å². The van der Waals surface area contributed by atoms with E-state index in [-0.39, 0.29) is 47.5 Å². The Morgan fingerprint density at radius 3 is 1.90 bits per heavy atom. The van der Waals surface area contributed by atoms with Crippen LogP contribution in [0.1, 0.15) is 75.7 Å². The minimum absolute atomic E-state index is 0.0730. The minimum Gasteiger partial charge on any atom is -0.490 e. The van der Waals surface area contributed by atoms with E-state index in [9.17, 15) is 19.2 Å². The Balaban J connectivity index is 1.21. The third-order valence-corrected chi connectivity index (χ3v) is 13.1. The van der Waals surface area contributed by atoms with Gasteiger partial charge in [0.2, 0.25) is 23.6 Å². The summed E-state index contributed by atoms with van der Waals surface area (Å²) in [4.78, 5) is 53.9. The highest BCUT2D eigenvalue weighted by atomic mass is 16.5. The lowest BCUT2D eigenvalue weighted by Gasteiger charge is -2.64. The lowest BCUT2D eigenvalue weighted by molar-refractivity contribution is -0.195. The summed E-state index contributed by atoms with van der Waals surface area (Å²) < 4.78 is 6.78. The second-order valence-corrected chi connectivity index (χ2v) is 14.1. The molecule has 2 saturated heterocycles. The fourth-order valence-corrected chi connectivity index (χ4v) is 11.2. The Kier molecular flexibility index (Phi) is 4.52. The molecule has 7 heteroatoms. The number of ether oxygens (including phenoxy) is 1. The summed E-state index contributed by atoms with van der Waals surface area (Å²) in [5, 5.41) is 5.49. The molecule has 8 unspecified atom stereocenters. The Bertz CT molecular complexity index is 1580. The van der Waals surface area contributed by atoms with Gasteiger partial charge in [-0.1, -0.05) is 42.5 Å². The summed E-state index contributed by atoms with van der Waals surface area (Å²) in [6.07, 6.45) is 7.06. The van der Waals surface area contributed by atoms with E-state index in [4.69, 9.17) is 4.74 Å². The topological polar surface area (TPSA) is 102 Å². The van der Waals surface area contributed by atoms with Crippen molar-refractivity contribution in [3.8, 4) is 16.9 Å². The second-order valence-electron chi connectivity index (χ2n) is 14.1. The van der Waals surface area contributed by atoms with E-state index in [0.29, 0.717) is 25.7 Å². The maximum Gasteiger partial charge on any atom is 0.234 e. The Morgan fingerprint density at radius 1 is 0.610 bits per heavy atom. The zero-order valence-corrected chi connectivity index (χ0v) is 23.0. The zero-order chi connectivity index (χ0) is 27.8. The molecule has 41 heavy (non-hydrogen) atoms. The van der Waals surface area contributed by atoms with Gasteiger partial charge in [-0.05, 0) is 99.2 Å². The molecule has 2 N–H and O–H groups in total. The van der Waals surface area contributed by atoms with Crippen LogP contribution in [-0.2, 0) is 19.2 Å². The minimum atomic E-state index is -0.749. The average molecular weight is 551 g/mol. The van der Waals surface area contributed by atoms with Gasteiger partial charge in [0.1, 0.15) is 5.75 Å². The molecule has 2 aromatic rings. The van der Waals surface area contributed by atoms with Crippen molar-refractivity contribution in [3.63, 3.8) is 0 Å². The van der Waals surface area contributed by atoms with Crippen LogP contribution in [0.15, 0.2) is 48.5 Å². The molecular formula is C34H34N2O5. The number of carbonyl (C=O) groups is 4. The quantitative estimate of drug-likeness (QED) is 0.466. The molecule has 3 heterocycles. The number of hydrogen-bond acceptors (Lipinski definition) is 5. The van der Waals surface area contributed by atoms with E-state index in [1.54, 1.807) is 0 Å². The predicted molar refractivity (Wildman–Crippen MR) is 148 cm³/mol. The van der Waals surface area contributed by atoms with Gasteiger partial charge in [-0.2, -0.15) is 0 Å². The first-order chi connectivity index (χ1) is 19.8. The number of benzene rings is 2. The Hall–Kier alpha value is -3.48. The summed E-state index contributed by atoms with van der Waals surface area (Å²) in [6.45, 7) is 0. The fourth-order valence-electron chi connectivity index (χ4n) is 11.2. The maximum atomic E-state index is 13.8. The van der Waals surface area contributed by atoms with Crippen molar-refractivity contribution >= 4 is 23.6 Å². The first kappa shape index (κ1) is 24.2. The molecule has 4 saturated carbocycles. The van der Waals surface area contributed by atoms with Crippen LogP contribution in [0.3, 0.4) is 0 Å². The summed E-state index contributed by atoms with van der Waals surface area (Å²) in [5.41, 5.74) is 0.641. The first-order valence-electron chi connectivity index (χ1n) is 15.4. The van der Waals surface area contributed by atoms with Crippen LogP contribution in [-0.4, -0.2) is 29.7 Å². The van der Waals surface area contributed by atoms with Gasteiger partial charge in [0.15, 0.2) is 0 Å². The predicted octanol–water partition coefficient (Wildman–Crippen LogP) is 4.64.